The first kappa shape index (κ1) is 13.6. The molecule has 0 fully saturated rings. The van der Waals surface area contributed by atoms with E-state index in [1.165, 1.54) is 23.6 Å². The van der Waals surface area contributed by atoms with E-state index in [4.69, 9.17) is 4.74 Å². The first-order valence-electron chi connectivity index (χ1n) is 5.62. The zero-order chi connectivity index (χ0) is 13.9. The molecular weight excluding hydrogens is 266 g/mol. The molecule has 0 aliphatic rings. The normalized spacial score (nSPS) is 11.7. The van der Waals surface area contributed by atoms with E-state index < -0.39 is 10.0 Å². The maximum atomic E-state index is 12.2. The Bertz CT molecular complexity index is 621. The SMILES string of the molecule is COc1ccc(CN(C)S(=O)(=O)c2ccn[nH]2)cc1. The minimum Gasteiger partial charge on any atom is -0.497 e. The Balaban J connectivity index is 2.14. The number of benzene rings is 1. The zero-order valence-electron chi connectivity index (χ0n) is 10.7. The molecule has 6 nitrogen and oxygen atoms in total. The van der Waals surface area contributed by atoms with Crippen molar-refractivity contribution in [3.05, 3.63) is 42.1 Å². The fraction of sp³-hybridized carbons (Fsp3) is 0.250. The van der Waals surface area contributed by atoms with Crippen LogP contribution in [0.2, 0.25) is 0 Å². The van der Waals surface area contributed by atoms with Gasteiger partial charge < -0.3 is 4.74 Å². The van der Waals surface area contributed by atoms with E-state index in [0.29, 0.717) is 0 Å². The molecule has 1 heterocycles. The number of sulfonamides is 1. The molecule has 0 saturated carbocycles. The monoisotopic (exact) mass is 281 g/mol. The van der Waals surface area contributed by atoms with Crippen LogP contribution in [0.5, 0.6) is 5.75 Å². The maximum Gasteiger partial charge on any atom is 0.260 e. The maximum absolute atomic E-state index is 12.2. The van der Waals surface area contributed by atoms with Crippen molar-refractivity contribution in [2.45, 2.75) is 11.6 Å². The molecule has 0 aliphatic carbocycles. The molecule has 0 bridgehead atoms. The van der Waals surface area contributed by atoms with Gasteiger partial charge in [-0.25, -0.2) is 8.42 Å². The minimum absolute atomic E-state index is 0.0866. The van der Waals surface area contributed by atoms with Gasteiger partial charge in [-0.05, 0) is 23.8 Å². The van der Waals surface area contributed by atoms with Gasteiger partial charge >= 0.3 is 0 Å². The minimum atomic E-state index is -3.53. The van der Waals surface area contributed by atoms with Crippen LogP contribution in [0, 0.1) is 0 Å². The van der Waals surface area contributed by atoms with E-state index >= 15 is 0 Å². The van der Waals surface area contributed by atoms with Crippen molar-refractivity contribution in [2.75, 3.05) is 14.2 Å². The number of aromatic nitrogens is 2. The summed E-state index contributed by atoms with van der Waals surface area (Å²) in [6.07, 6.45) is 1.41. The lowest BCUT2D eigenvalue weighted by Gasteiger charge is -2.16. The predicted molar refractivity (Wildman–Crippen MR) is 70.2 cm³/mol. The van der Waals surface area contributed by atoms with E-state index in [2.05, 4.69) is 10.2 Å². The van der Waals surface area contributed by atoms with Gasteiger partial charge in [0, 0.05) is 13.6 Å². The van der Waals surface area contributed by atoms with Crippen LogP contribution in [0.25, 0.3) is 0 Å². The molecule has 0 unspecified atom stereocenters. The number of nitrogens with one attached hydrogen (secondary N) is 1. The van der Waals surface area contributed by atoms with E-state index in [9.17, 15) is 8.42 Å². The van der Waals surface area contributed by atoms with Crippen LogP contribution in [0.1, 0.15) is 5.56 Å². The van der Waals surface area contributed by atoms with Crippen LogP contribution in [0.15, 0.2) is 41.6 Å². The second kappa shape index (κ2) is 5.41. The molecule has 0 spiro atoms. The summed E-state index contributed by atoms with van der Waals surface area (Å²) in [7, 11) is -0.410. The van der Waals surface area contributed by atoms with Gasteiger partial charge in [0.15, 0.2) is 5.03 Å². The Hall–Kier alpha value is -1.86. The molecule has 2 rings (SSSR count). The average Bonchev–Trinajstić information content (AvgIpc) is 2.94. The number of hydrogen-bond acceptors (Lipinski definition) is 4. The van der Waals surface area contributed by atoms with Crippen LogP contribution in [-0.4, -0.2) is 37.1 Å². The molecule has 2 aromatic rings. The highest BCUT2D eigenvalue weighted by atomic mass is 32.2. The van der Waals surface area contributed by atoms with Gasteiger partial charge in [-0.1, -0.05) is 12.1 Å². The van der Waals surface area contributed by atoms with Gasteiger partial charge in [0.25, 0.3) is 10.0 Å². The van der Waals surface area contributed by atoms with Crippen LogP contribution >= 0.6 is 0 Å². The molecule has 0 aliphatic heterocycles. The summed E-state index contributed by atoms with van der Waals surface area (Å²) in [4.78, 5) is 0. The van der Waals surface area contributed by atoms with Crippen LogP contribution in [0.4, 0.5) is 0 Å². The molecule has 102 valence electrons. The Morgan fingerprint density at radius 1 is 1.26 bits per heavy atom. The van der Waals surface area contributed by atoms with Gasteiger partial charge in [-0.2, -0.15) is 9.40 Å². The average molecular weight is 281 g/mol. The van der Waals surface area contributed by atoms with Crippen molar-refractivity contribution in [3.63, 3.8) is 0 Å². The van der Waals surface area contributed by atoms with Gasteiger partial charge in [0.05, 0.1) is 13.3 Å². The lowest BCUT2D eigenvalue weighted by Crippen LogP contribution is -2.26. The molecule has 7 heteroatoms. The van der Waals surface area contributed by atoms with Crippen molar-refractivity contribution < 1.29 is 13.2 Å². The number of methoxy groups -OCH3 is 1. The first-order chi connectivity index (χ1) is 9.04. The molecule has 0 radical (unpaired) electrons. The van der Waals surface area contributed by atoms with E-state index in [0.717, 1.165) is 11.3 Å². The summed E-state index contributed by atoms with van der Waals surface area (Å²) in [5.41, 5.74) is 0.881. The number of ether oxygens (including phenoxy) is 1. The summed E-state index contributed by atoms with van der Waals surface area (Å²) in [5, 5.41) is 6.20. The second-order valence-electron chi connectivity index (χ2n) is 4.03. The first-order valence-corrected chi connectivity index (χ1v) is 7.06. The van der Waals surface area contributed by atoms with Crippen LogP contribution in [-0.2, 0) is 16.6 Å². The van der Waals surface area contributed by atoms with Crippen molar-refractivity contribution in [1.82, 2.24) is 14.5 Å². The topological polar surface area (TPSA) is 75.3 Å². The Labute approximate surface area is 112 Å². The third-order valence-electron chi connectivity index (χ3n) is 2.73. The fourth-order valence-electron chi connectivity index (χ4n) is 1.63. The summed E-state index contributed by atoms with van der Waals surface area (Å²) in [6, 6.07) is 8.69. The smallest absolute Gasteiger partial charge is 0.260 e. The summed E-state index contributed by atoms with van der Waals surface area (Å²) in [6.45, 7) is 0.283. The highest BCUT2D eigenvalue weighted by Gasteiger charge is 2.21. The van der Waals surface area contributed by atoms with Crippen molar-refractivity contribution in [3.8, 4) is 5.75 Å². The van der Waals surface area contributed by atoms with E-state index in [1.54, 1.807) is 19.2 Å². The highest BCUT2D eigenvalue weighted by molar-refractivity contribution is 7.89. The third-order valence-corrected chi connectivity index (χ3v) is 4.46. The molecule has 1 N–H and O–H groups in total. The molecule has 0 amide bonds. The van der Waals surface area contributed by atoms with Crippen LogP contribution in [0.3, 0.4) is 0 Å². The molecule has 19 heavy (non-hydrogen) atoms. The highest BCUT2D eigenvalue weighted by Crippen LogP contribution is 2.16. The van der Waals surface area contributed by atoms with Gasteiger partial charge in [0.1, 0.15) is 5.75 Å². The van der Waals surface area contributed by atoms with E-state index in [1.807, 2.05) is 12.1 Å². The summed E-state index contributed by atoms with van der Waals surface area (Å²) >= 11 is 0. The number of H-pyrrole nitrogens is 1. The quantitative estimate of drug-likeness (QED) is 0.894. The second-order valence-corrected chi connectivity index (χ2v) is 6.04. The number of nitrogens with zero attached hydrogens (tertiary/aromatic N) is 2. The number of rotatable bonds is 5. The Kier molecular flexibility index (Phi) is 3.87. The Morgan fingerprint density at radius 2 is 1.95 bits per heavy atom. The molecule has 1 aromatic carbocycles. The lowest BCUT2D eigenvalue weighted by atomic mass is 10.2. The lowest BCUT2D eigenvalue weighted by molar-refractivity contribution is 0.414. The Morgan fingerprint density at radius 3 is 2.47 bits per heavy atom. The largest absolute Gasteiger partial charge is 0.497 e. The zero-order valence-corrected chi connectivity index (χ0v) is 11.5. The molecule has 0 saturated heterocycles. The van der Waals surface area contributed by atoms with Crippen molar-refractivity contribution in [1.29, 1.82) is 0 Å². The molecule has 1 aromatic heterocycles. The summed E-state index contributed by atoms with van der Waals surface area (Å²) < 4.78 is 30.6. The molecule has 0 atom stereocenters. The van der Waals surface area contributed by atoms with Gasteiger partial charge in [-0.15, -0.1) is 0 Å². The standard InChI is InChI=1S/C12H15N3O3S/c1-15(19(16,17)12-7-8-13-14-12)9-10-3-5-11(18-2)6-4-10/h3-8H,9H2,1-2H3,(H,13,14). The summed E-state index contributed by atoms with van der Waals surface area (Å²) in [5.74, 6) is 0.739. The van der Waals surface area contributed by atoms with E-state index in [-0.39, 0.29) is 11.6 Å². The number of hydrogen-bond donors (Lipinski definition) is 1. The van der Waals surface area contributed by atoms with Crippen molar-refractivity contribution in [2.24, 2.45) is 0 Å². The molecular formula is C12H15N3O3S. The number of aromatic amines is 1. The van der Waals surface area contributed by atoms with Gasteiger partial charge in [0.2, 0.25) is 0 Å². The van der Waals surface area contributed by atoms with Gasteiger partial charge in [-0.3, -0.25) is 5.10 Å². The predicted octanol–water partition coefficient (Wildman–Crippen LogP) is 1.24. The third kappa shape index (κ3) is 2.94. The van der Waals surface area contributed by atoms with Crippen LogP contribution < -0.4 is 4.74 Å². The fourth-order valence-corrected chi connectivity index (χ4v) is 2.68. The van der Waals surface area contributed by atoms with Crippen molar-refractivity contribution >= 4 is 10.0 Å².